The summed E-state index contributed by atoms with van der Waals surface area (Å²) in [6.07, 6.45) is 3.88. The summed E-state index contributed by atoms with van der Waals surface area (Å²) in [5.41, 5.74) is 2.62. The minimum absolute atomic E-state index is 0.0639. The number of aromatic nitrogens is 1. The lowest BCUT2D eigenvalue weighted by atomic mass is 10.1. The summed E-state index contributed by atoms with van der Waals surface area (Å²) in [6, 6.07) is 20.9. The summed E-state index contributed by atoms with van der Waals surface area (Å²) >= 11 is 4.82. The van der Waals surface area contributed by atoms with E-state index in [1.807, 2.05) is 79.0 Å². The molecule has 8 nitrogen and oxygen atoms in total. The van der Waals surface area contributed by atoms with Crippen LogP contribution < -0.4 is 14.2 Å². The lowest BCUT2D eigenvalue weighted by molar-refractivity contribution is -0.138. The molecule has 0 saturated heterocycles. The molecule has 6 rings (SSSR count). The van der Waals surface area contributed by atoms with Gasteiger partial charge in [0.05, 0.1) is 23.7 Å². The van der Waals surface area contributed by atoms with Crippen molar-refractivity contribution in [3.63, 3.8) is 0 Å². The van der Waals surface area contributed by atoms with Crippen molar-refractivity contribution in [3.05, 3.63) is 99.2 Å². The molecule has 0 unspecified atom stereocenters. The van der Waals surface area contributed by atoms with Crippen LogP contribution in [0.15, 0.2) is 98.6 Å². The molecule has 0 atom stereocenters. The molecule has 1 N–H and O–H groups in total. The van der Waals surface area contributed by atoms with Crippen LogP contribution in [0.3, 0.4) is 0 Å². The Morgan fingerprint density at radius 2 is 1.95 bits per heavy atom. The molecular weight excluding hydrogens is 608 g/mol. The van der Waals surface area contributed by atoms with Crippen molar-refractivity contribution in [2.24, 2.45) is 4.99 Å². The Morgan fingerprint density at radius 1 is 1.12 bits per heavy atom. The Kier molecular flexibility index (Phi) is 7.76. The molecule has 0 saturated carbocycles. The average molecular weight is 634 g/mol. The van der Waals surface area contributed by atoms with E-state index in [1.54, 1.807) is 6.92 Å². The third-order valence-electron chi connectivity index (χ3n) is 6.46. The molecule has 3 heterocycles. The first-order chi connectivity index (χ1) is 20.0. The van der Waals surface area contributed by atoms with Crippen LogP contribution in [0.1, 0.15) is 12.5 Å². The smallest absolute Gasteiger partial charge is 0.344 e. The fourth-order valence-electron chi connectivity index (χ4n) is 4.58. The highest BCUT2D eigenvalue weighted by Crippen LogP contribution is 2.41. The molecule has 10 heteroatoms. The number of carbonyl (C=O) groups excluding carboxylic acids is 1. The minimum atomic E-state index is -0.610. The number of benzene rings is 3. The van der Waals surface area contributed by atoms with Crippen LogP contribution in [0, 0.1) is 0 Å². The molecular formula is C31H25BrN2O6S. The molecule has 2 aliphatic rings. The maximum Gasteiger partial charge on any atom is 0.344 e. The Balaban J connectivity index is 1.31. The molecule has 1 aromatic heterocycles. The van der Waals surface area contributed by atoms with E-state index in [4.69, 9.17) is 18.9 Å². The summed E-state index contributed by atoms with van der Waals surface area (Å²) < 4.78 is 25.1. The van der Waals surface area contributed by atoms with E-state index in [0.29, 0.717) is 46.0 Å². The maximum absolute atomic E-state index is 12.8. The van der Waals surface area contributed by atoms with Gasteiger partial charge in [0.2, 0.25) is 6.79 Å². The van der Waals surface area contributed by atoms with Crippen LogP contribution in [0.5, 0.6) is 17.2 Å². The van der Waals surface area contributed by atoms with Gasteiger partial charge < -0.3 is 28.6 Å². The number of nitrogens with zero attached hydrogens (tertiary/aromatic N) is 2. The van der Waals surface area contributed by atoms with Gasteiger partial charge in [0.25, 0.3) is 0 Å². The number of hydrogen-bond donors (Lipinski definition) is 1. The maximum atomic E-state index is 12.8. The fourth-order valence-corrected chi connectivity index (χ4v) is 5.97. The summed E-state index contributed by atoms with van der Waals surface area (Å²) in [4.78, 5) is 18.0. The molecule has 2 aliphatic heterocycles. The van der Waals surface area contributed by atoms with Crippen molar-refractivity contribution in [1.29, 1.82) is 0 Å². The lowest BCUT2D eigenvalue weighted by Crippen LogP contribution is -2.12. The summed E-state index contributed by atoms with van der Waals surface area (Å²) in [7, 11) is 0. The first kappa shape index (κ1) is 27.0. The molecule has 3 aromatic carbocycles. The number of thioether (sulfide) groups is 1. The number of aliphatic hydroxyl groups is 1. The lowest BCUT2D eigenvalue weighted by Gasteiger charge is -2.09. The molecule has 0 spiro atoms. The Morgan fingerprint density at radius 3 is 2.78 bits per heavy atom. The van der Waals surface area contributed by atoms with Crippen molar-refractivity contribution >= 4 is 61.4 Å². The average Bonchev–Trinajstić information content (AvgIpc) is 3.65. The van der Waals surface area contributed by atoms with Gasteiger partial charge in [-0.25, -0.2) is 9.79 Å². The normalized spacial score (nSPS) is 16.2. The van der Waals surface area contributed by atoms with Gasteiger partial charge in [0, 0.05) is 33.2 Å². The number of fused-ring (bicyclic) bond motifs is 2. The van der Waals surface area contributed by atoms with Gasteiger partial charge in [0.15, 0.2) is 11.5 Å². The first-order valence-corrected chi connectivity index (χ1v) is 14.6. The minimum Gasteiger partial charge on any atom is -0.506 e. The number of aliphatic imine (C=N–C) groups is 1. The Labute approximate surface area is 249 Å². The van der Waals surface area contributed by atoms with Crippen molar-refractivity contribution in [2.45, 2.75) is 13.5 Å². The van der Waals surface area contributed by atoms with E-state index >= 15 is 0 Å². The fraction of sp³-hybridized carbons (Fsp3) is 0.161. The molecule has 0 fully saturated rings. The molecule has 4 aromatic rings. The number of rotatable bonds is 8. The van der Waals surface area contributed by atoms with Crippen LogP contribution in [-0.2, 0) is 16.1 Å². The second-order valence-electron chi connectivity index (χ2n) is 9.11. The monoisotopic (exact) mass is 632 g/mol. The molecule has 0 bridgehead atoms. The third kappa shape index (κ3) is 5.71. The van der Waals surface area contributed by atoms with E-state index in [-0.39, 0.29) is 24.7 Å². The predicted octanol–water partition coefficient (Wildman–Crippen LogP) is 7.40. The predicted molar refractivity (Wildman–Crippen MR) is 163 cm³/mol. The van der Waals surface area contributed by atoms with Gasteiger partial charge in [-0.3, -0.25) is 0 Å². The first-order valence-electron chi connectivity index (χ1n) is 13.0. The number of hydrogen-bond acceptors (Lipinski definition) is 8. The number of carbonyl (C=O) groups is 1. The van der Waals surface area contributed by atoms with E-state index < -0.39 is 5.97 Å². The summed E-state index contributed by atoms with van der Waals surface area (Å²) in [6.45, 7) is 3.14. The van der Waals surface area contributed by atoms with Crippen molar-refractivity contribution in [3.8, 4) is 17.2 Å². The topological polar surface area (TPSA) is 91.5 Å². The highest BCUT2D eigenvalue weighted by Gasteiger charge is 2.33. The van der Waals surface area contributed by atoms with Gasteiger partial charge in [-0.1, -0.05) is 45.9 Å². The van der Waals surface area contributed by atoms with E-state index in [9.17, 15) is 9.90 Å². The van der Waals surface area contributed by atoms with Gasteiger partial charge in [-0.15, -0.1) is 0 Å². The number of ether oxygens (including phenoxy) is 4. The summed E-state index contributed by atoms with van der Waals surface area (Å²) in [5.74, 6) is 1.32. The number of aliphatic hydroxyl groups excluding tert-OH is 1. The molecule has 0 radical (unpaired) electrons. The molecule has 41 heavy (non-hydrogen) atoms. The highest BCUT2D eigenvalue weighted by atomic mass is 79.9. The zero-order valence-electron chi connectivity index (χ0n) is 22.0. The zero-order valence-corrected chi connectivity index (χ0v) is 24.4. The molecule has 208 valence electrons. The molecule has 0 amide bonds. The quantitative estimate of drug-likeness (QED) is 0.202. The van der Waals surface area contributed by atoms with Crippen LogP contribution >= 0.6 is 27.7 Å². The highest BCUT2D eigenvalue weighted by molar-refractivity contribution is 9.10. The van der Waals surface area contributed by atoms with Gasteiger partial charge in [-0.2, -0.15) is 0 Å². The second-order valence-corrected chi connectivity index (χ2v) is 11.1. The standard InChI is InChI=1S/C31H25BrN2O6S/c1-2-37-31(36)28-29(35)27(41-30(28)33-21-6-4-3-5-7-21)14-19-17-34(24-10-8-20(32)15-23(19)24)12-13-38-22-9-11-25-26(16-22)40-18-39-25/h3-11,14-17,35H,2,12-13,18H2,1H3/b27-14-,33-30?. The van der Waals surface area contributed by atoms with E-state index in [2.05, 4.69) is 25.5 Å². The van der Waals surface area contributed by atoms with Crippen LogP contribution in [0.25, 0.3) is 17.0 Å². The number of halogens is 1. The molecule has 0 aliphatic carbocycles. The second kappa shape index (κ2) is 11.8. The Bertz CT molecular complexity index is 1730. The summed E-state index contributed by atoms with van der Waals surface area (Å²) in [5, 5.41) is 12.5. The van der Waals surface area contributed by atoms with Gasteiger partial charge in [-0.05, 0) is 55.5 Å². The van der Waals surface area contributed by atoms with Crippen molar-refractivity contribution < 1.29 is 28.8 Å². The zero-order chi connectivity index (χ0) is 28.3. The third-order valence-corrected chi connectivity index (χ3v) is 7.98. The largest absolute Gasteiger partial charge is 0.506 e. The van der Waals surface area contributed by atoms with Crippen LogP contribution in [-0.4, -0.2) is 40.7 Å². The van der Waals surface area contributed by atoms with Crippen LogP contribution in [0.4, 0.5) is 5.69 Å². The van der Waals surface area contributed by atoms with Crippen molar-refractivity contribution in [1.82, 2.24) is 4.57 Å². The van der Waals surface area contributed by atoms with Crippen molar-refractivity contribution in [2.75, 3.05) is 20.0 Å². The number of esters is 1. The van der Waals surface area contributed by atoms with E-state index in [0.717, 1.165) is 20.9 Å². The van der Waals surface area contributed by atoms with Gasteiger partial charge >= 0.3 is 5.97 Å². The van der Waals surface area contributed by atoms with Gasteiger partial charge in [0.1, 0.15) is 28.7 Å². The van der Waals surface area contributed by atoms with Crippen LogP contribution in [0.2, 0.25) is 0 Å². The SMILES string of the molecule is CCOC(=O)C1=C(O)/C(=C/c2cn(CCOc3ccc4c(c3)OCO4)c3ccc(Br)cc23)SC1=Nc1ccccc1. The number of para-hydroxylation sites is 1. The Hall–Kier alpha value is -4.15. The van der Waals surface area contributed by atoms with E-state index in [1.165, 1.54) is 11.8 Å².